The highest BCUT2D eigenvalue weighted by Crippen LogP contribution is 2.18. The van der Waals surface area contributed by atoms with Crippen molar-refractivity contribution in [3.63, 3.8) is 0 Å². The van der Waals surface area contributed by atoms with Crippen molar-refractivity contribution < 1.29 is 13.2 Å². The van der Waals surface area contributed by atoms with Crippen molar-refractivity contribution in [1.82, 2.24) is 14.6 Å². The largest absolute Gasteiger partial charge is 0.351 e. The molecule has 148 valence electrons. The Balaban J connectivity index is 1.68. The number of aryl methyl sites for hydroxylation is 1. The van der Waals surface area contributed by atoms with Crippen LogP contribution in [0.25, 0.3) is 10.9 Å². The molecule has 0 saturated carbocycles. The molecular weight excluding hydrogens is 374 g/mol. The van der Waals surface area contributed by atoms with Crippen molar-refractivity contribution in [1.29, 1.82) is 0 Å². The van der Waals surface area contributed by atoms with Crippen LogP contribution >= 0.6 is 0 Å². The molecule has 0 spiro atoms. The lowest BCUT2D eigenvalue weighted by atomic mass is 10.2. The maximum absolute atomic E-state index is 12.5. The second-order valence-corrected chi connectivity index (χ2v) is 8.63. The second kappa shape index (κ2) is 8.16. The van der Waals surface area contributed by atoms with Gasteiger partial charge in [-0.3, -0.25) is 4.79 Å². The van der Waals surface area contributed by atoms with Crippen molar-refractivity contribution in [2.75, 3.05) is 13.1 Å². The maximum Gasteiger partial charge on any atom is 0.267 e. The summed E-state index contributed by atoms with van der Waals surface area (Å²) in [6, 6.07) is 14.4. The number of aromatic nitrogens is 1. The molecule has 3 rings (SSSR count). The zero-order chi connectivity index (χ0) is 20.3. The minimum atomic E-state index is -3.47. The molecule has 0 bridgehead atoms. The van der Waals surface area contributed by atoms with E-state index in [-0.39, 0.29) is 10.8 Å². The lowest BCUT2D eigenvalue weighted by Gasteiger charge is -2.18. The van der Waals surface area contributed by atoms with E-state index in [1.165, 1.54) is 4.31 Å². The molecule has 3 aromatic rings. The van der Waals surface area contributed by atoms with Crippen LogP contribution in [0.5, 0.6) is 0 Å². The highest BCUT2D eigenvalue weighted by atomic mass is 32.2. The van der Waals surface area contributed by atoms with Crippen LogP contribution in [0.1, 0.15) is 35.5 Å². The van der Waals surface area contributed by atoms with Crippen molar-refractivity contribution in [3.05, 3.63) is 65.4 Å². The molecule has 1 amide bonds. The molecule has 0 radical (unpaired) electrons. The second-order valence-electron chi connectivity index (χ2n) is 6.69. The molecule has 2 N–H and O–H groups in total. The zero-order valence-electron chi connectivity index (χ0n) is 16.3. The number of fused-ring (bicyclic) bond motifs is 1. The number of H-pyrrole nitrogens is 1. The number of rotatable bonds is 7. The number of hydrogen-bond acceptors (Lipinski definition) is 3. The molecular formula is C21H25N3O3S. The molecule has 0 saturated heterocycles. The molecule has 1 heterocycles. The molecule has 7 heteroatoms. The van der Waals surface area contributed by atoms with E-state index >= 15 is 0 Å². The van der Waals surface area contributed by atoms with Crippen LogP contribution in [-0.2, 0) is 16.6 Å². The van der Waals surface area contributed by atoms with E-state index < -0.39 is 10.0 Å². The predicted octanol–water partition coefficient (Wildman–Crippen LogP) is 3.44. The molecule has 0 unspecified atom stereocenters. The predicted molar refractivity (Wildman–Crippen MR) is 111 cm³/mol. The van der Waals surface area contributed by atoms with Gasteiger partial charge in [0.15, 0.2) is 0 Å². The first-order chi connectivity index (χ1) is 13.3. The Morgan fingerprint density at radius 3 is 2.36 bits per heavy atom. The highest BCUT2D eigenvalue weighted by Gasteiger charge is 2.21. The average molecular weight is 400 g/mol. The average Bonchev–Trinajstić information content (AvgIpc) is 3.10. The maximum atomic E-state index is 12.5. The first-order valence-corrected chi connectivity index (χ1v) is 10.8. The Morgan fingerprint density at radius 1 is 1.04 bits per heavy atom. The number of carbonyl (C=O) groups excluding carboxylic acids is 1. The number of sulfonamides is 1. The van der Waals surface area contributed by atoms with Crippen LogP contribution in [0.3, 0.4) is 0 Å². The number of benzene rings is 2. The summed E-state index contributed by atoms with van der Waals surface area (Å²) in [5.74, 6) is -0.200. The van der Waals surface area contributed by atoms with Crippen LogP contribution in [0.4, 0.5) is 0 Å². The van der Waals surface area contributed by atoms with Crippen LogP contribution in [-0.4, -0.2) is 36.7 Å². The Bertz CT molecular complexity index is 1080. The first-order valence-electron chi connectivity index (χ1n) is 9.31. The number of hydrogen-bond donors (Lipinski definition) is 2. The van der Waals surface area contributed by atoms with Gasteiger partial charge in [0, 0.05) is 30.5 Å². The highest BCUT2D eigenvalue weighted by molar-refractivity contribution is 7.89. The van der Waals surface area contributed by atoms with Gasteiger partial charge >= 0.3 is 0 Å². The Morgan fingerprint density at radius 2 is 1.71 bits per heavy atom. The summed E-state index contributed by atoms with van der Waals surface area (Å²) < 4.78 is 26.5. The van der Waals surface area contributed by atoms with Gasteiger partial charge in [0.1, 0.15) is 5.69 Å². The molecule has 0 atom stereocenters. The number of amides is 1. The molecule has 0 aliphatic rings. The summed E-state index contributed by atoms with van der Waals surface area (Å²) in [5, 5.41) is 3.85. The third kappa shape index (κ3) is 4.10. The van der Waals surface area contributed by atoms with Crippen molar-refractivity contribution in [3.8, 4) is 0 Å². The third-order valence-corrected chi connectivity index (χ3v) is 6.81. The molecule has 0 fully saturated rings. The fourth-order valence-corrected chi connectivity index (χ4v) is 4.59. The van der Waals surface area contributed by atoms with E-state index in [4.69, 9.17) is 0 Å². The summed E-state index contributed by atoms with van der Waals surface area (Å²) >= 11 is 0. The number of nitrogens with one attached hydrogen (secondary N) is 2. The number of carbonyl (C=O) groups is 1. The van der Waals surface area contributed by atoms with Gasteiger partial charge in [0.05, 0.1) is 4.90 Å². The summed E-state index contributed by atoms with van der Waals surface area (Å²) in [6.45, 7) is 6.82. The Labute approximate surface area is 165 Å². The van der Waals surface area contributed by atoms with Gasteiger partial charge in [0.2, 0.25) is 10.0 Å². The minimum Gasteiger partial charge on any atom is -0.351 e. The lowest BCUT2D eigenvalue weighted by Crippen LogP contribution is -2.30. The van der Waals surface area contributed by atoms with Gasteiger partial charge in [-0.15, -0.1) is 0 Å². The molecule has 1 aromatic heterocycles. The standard InChI is InChI=1S/C21H25N3O3S/c1-4-24(5-2)28(26,27)18-10-7-16(8-11-18)14-22-21(25)20-13-17-9-6-15(3)12-19(17)23-20/h6-13,23H,4-5,14H2,1-3H3,(H,22,25). The smallest absolute Gasteiger partial charge is 0.267 e. The topological polar surface area (TPSA) is 82.3 Å². The van der Waals surface area contributed by atoms with E-state index in [0.29, 0.717) is 25.3 Å². The van der Waals surface area contributed by atoms with E-state index in [1.54, 1.807) is 24.3 Å². The van der Waals surface area contributed by atoms with Crippen LogP contribution in [0, 0.1) is 6.92 Å². The molecule has 6 nitrogen and oxygen atoms in total. The summed E-state index contributed by atoms with van der Waals surface area (Å²) in [7, 11) is -3.47. The van der Waals surface area contributed by atoms with Gasteiger partial charge in [-0.2, -0.15) is 4.31 Å². The lowest BCUT2D eigenvalue weighted by molar-refractivity contribution is 0.0946. The van der Waals surface area contributed by atoms with E-state index in [1.807, 2.05) is 45.0 Å². The van der Waals surface area contributed by atoms with Crippen LogP contribution < -0.4 is 5.32 Å². The van der Waals surface area contributed by atoms with Gasteiger partial charge in [-0.25, -0.2) is 8.42 Å². The SMILES string of the molecule is CCN(CC)S(=O)(=O)c1ccc(CNC(=O)c2cc3ccc(C)cc3[nH]2)cc1. The summed E-state index contributed by atoms with van der Waals surface area (Å²) in [4.78, 5) is 15.8. The van der Waals surface area contributed by atoms with Crippen molar-refractivity contribution in [2.45, 2.75) is 32.2 Å². The van der Waals surface area contributed by atoms with Crippen molar-refractivity contribution in [2.24, 2.45) is 0 Å². The van der Waals surface area contributed by atoms with Gasteiger partial charge < -0.3 is 10.3 Å². The number of nitrogens with zero attached hydrogens (tertiary/aromatic N) is 1. The normalized spacial score (nSPS) is 11.9. The molecule has 0 aliphatic heterocycles. The molecule has 0 aliphatic carbocycles. The third-order valence-electron chi connectivity index (χ3n) is 4.74. The van der Waals surface area contributed by atoms with Crippen molar-refractivity contribution >= 4 is 26.8 Å². The molecule has 28 heavy (non-hydrogen) atoms. The minimum absolute atomic E-state index is 0.200. The zero-order valence-corrected chi connectivity index (χ0v) is 17.1. The Hall–Kier alpha value is -2.64. The summed E-state index contributed by atoms with van der Waals surface area (Å²) in [6.07, 6.45) is 0. The van der Waals surface area contributed by atoms with E-state index in [0.717, 1.165) is 22.0 Å². The molecule has 2 aromatic carbocycles. The fraction of sp³-hybridized carbons (Fsp3) is 0.286. The summed E-state index contributed by atoms with van der Waals surface area (Å²) in [5.41, 5.74) is 3.39. The van der Waals surface area contributed by atoms with Gasteiger partial charge in [0.25, 0.3) is 5.91 Å². The van der Waals surface area contributed by atoms with Crippen LogP contribution in [0.15, 0.2) is 53.4 Å². The fourth-order valence-electron chi connectivity index (χ4n) is 3.13. The van der Waals surface area contributed by atoms with Gasteiger partial charge in [-0.05, 0) is 42.3 Å². The Kier molecular flexibility index (Phi) is 5.86. The van der Waals surface area contributed by atoms with Crippen LogP contribution in [0.2, 0.25) is 0 Å². The first kappa shape index (κ1) is 20.1. The van der Waals surface area contributed by atoms with Gasteiger partial charge in [-0.1, -0.05) is 38.1 Å². The van der Waals surface area contributed by atoms with E-state index in [9.17, 15) is 13.2 Å². The number of aromatic amines is 1. The quantitative estimate of drug-likeness (QED) is 0.638. The van der Waals surface area contributed by atoms with E-state index in [2.05, 4.69) is 10.3 Å². The monoisotopic (exact) mass is 399 g/mol.